The van der Waals surface area contributed by atoms with Gasteiger partial charge in [0.1, 0.15) is 5.52 Å². The van der Waals surface area contributed by atoms with E-state index in [1.54, 1.807) is 0 Å². The Balaban J connectivity index is 2.42. The number of aromatic nitrogens is 3. The second-order valence-electron chi connectivity index (χ2n) is 3.69. The minimum absolute atomic E-state index is 0.183. The summed E-state index contributed by atoms with van der Waals surface area (Å²) in [5, 5.41) is 29.8. The molecule has 5 heteroatoms. The third kappa shape index (κ3) is 1.40. The van der Waals surface area contributed by atoms with Crippen molar-refractivity contribution in [3.05, 3.63) is 36.4 Å². The van der Waals surface area contributed by atoms with E-state index in [-0.39, 0.29) is 11.5 Å². The fraction of sp³-hybridized carbons (Fsp3) is 0. The molecule has 0 spiro atoms. The molecular weight excluding hydrogens is 218 g/mol. The number of phenolic OH excluding ortho intramolecular Hbond substituents is 2. The molecule has 0 saturated carbocycles. The van der Waals surface area contributed by atoms with E-state index in [0.29, 0.717) is 16.6 Å². The lowest BCUT2D eigenvalue weighted by Gasteiger charge is -2.06. The minimum atomic E-state index is -0.192. The number of aromatic amines is 1. The molecule has 17 heavy (non-hydrogen) atoms. The van der Waals surface area contributed by atoms with E-state index in [0.717, 1.165) is 5.56 Å². The maximum absolute atomic E-state index is 9.94. The van der Waals surface area contributed by atoms with Crippen LogP contribution in [-0.2, 0) is 0 Å². The normalized spacial score (nSPS) is 10.8. The van der Waals surface area contributed by atoms with Gasteiger partial charge >= 0.3 is 0 Å². The summed E-state index contributed by atoms with van der Waals surface area (Å²) in [4.78, 5) is 0. The van der Waals surface area contributed by atoms with Gasteiger partial charge < -0.3 is 10.2 Å². The number of nitrogens with one attached hydrogen (secondary N) is 1. The first-order valence-corrected chi connectivity index (χ1v) is 5.08. The summed E-state index contributed by atoms with van der Waals surface area (Å²) in [5.74, 6) is -0.375. The lowest BCUT2D eigenvalue weighted by Crippen LogP contribution is -1.83. The van der Waals surface area contributed by atoms with Crippen LogP contribution in [0.15, 0.2) is 36.4 Å². The maximum atomic E-state index is 9.94. The van der Waals surface area contributed by atoms with Crippen LogP contribution in [0.2, 0.25) is 0 Å². The summed E-state index contributed by atoms with van der Waals surface area (Å²) in [6.45, 7) is 0. The zero-order valence-corrected chi connectivity index (χ0v) is 8.75. The Kier molecular flexibility index (Phi) is 1.98. The molecule has 3 rings (SSSR count). The van der Waals surface area contributed by atoms with Crippen molar-refractivity contribution in [2.45, 2.75) is 0 Å². The van der Waals surface area contributed by atoms with Gasteiger partial charge in [0, 0.05) is 6.07 Å². The van der Waals surface area contributed by atoms with Crippen LogP contribution in [0.25, 0.3) is 22.2 Å². The van der Waals surface area contributed by atoms with E-state index >= 15 is 0 Å². The van der Waals surface area contributed by atoms with Crippen molar-refractivity contribution in [1.82, 2.24) is 15.4 Å². The summed E-state index contributed by atoms with van der Waals surface area (Å²) >= 11 is 0. The summed E-state index contributed by atoms with van der Waals surface area (Å²) in [5.41, 5.74) is 2.37. The summed E-state index contributed by atoms with van der Waals surface area (Å²) in [6.07, 6.45) is 0. The number of H-pyrrole nitrogens is 1. The molecule has 3 aromatic rings. The summed E-state index contributed by atoms with van der Waals surface area (Å²) in [6, 6.07) is 10.7. The third-order valence-corrected chi connectivity index (χ3v) is 2.64. The van der Waals surface area contributed by atoms with Crippen molar-refractivity contribution < 1.29 is 10.2 Å². The molecular formula is C12H9N3O2. The highest BCUT2D eigenvalue weighted by Crippen LogP contribution is 2.40. The molecule has 0 aliphatic rings. The number of hydrogen-bond donors (Lipinski definition) is 3. The zero-order chi connectivity index (χ0) is 11.8. The number of fused-ring (bicyclic) bond motifs is 1. The van der Waals surface area contributed by atoms with Gasteiger partial charge in [0.05, 0.1) is 11.1 Å². The fourth-order valence-corrected chi connectivity index (χ4v) is 1.84. The number of nitrogens with zero attached hydrogens (tertiary/aromatic N) is 2. The van der Waals surface area contributed by atoms with Gasteiger partial charge in [0.25, 0.3) is 0 Å². The van der Waals surface area contributed by atoms with Gasteiger partial charge in [-0.05, 0) is 5.56 Å². The first-order chi connectivity index (χ1) is 8.27. The van der Waals surface area contributed by atoms with Crippen LogP contribution >= 0.6 is 0 Å². The molecule has 3 N–H and O–H groups in total. The van der Waals surface area contributed by atoms with Gasteiger partial charge in [-0.25, -0.2) is 0 Å². The van der Waals surface area contributed by atoms with Crippen LogP contribution in [0.4, 0.5) is 0 Å². The van der Waals surface area contributed by atoms with Gasteiger partial charge in [-0.3, -0.25) is 5.10 Å². The highest BCUT2D eigenvalue weighted by molar-refractivity contribution is 5.96. The Hall–Kier alpha value is -2.56. The average molecular weight is 227 g/mol. The number of hydrogen-bond acceptors (Lipinski definition) is 4. The first kappa shape index (κ1) is 9.65. The standard InChI is InChI=1S/C12H9N3O2/c16-9-6-8-11(14-15-13-8)10(12(9)17)7-4-2-1-3-5-7/h1-6,16-17H,(H,13,14,15). The molecule has 1 aromatic heterocycles. The highest BCUT2D eigenvalue weighted by Gasteiger charge is 2.16. The smallest absolute Gasteiger partial charge is 0.167 e. The molecule has 0 unspecified atom stereocenters. The van der Waals surface area contributed by atoms with Crippen molar-refractivity contribution in [3.63, 3.8) is 0 Å². The molecule has 0 atom stereocenters. The summed E-state index contributed by atoms with van der Waals surface area (Å²) < 4.78 is 0. The van der Waals surface area contributed by atoms with Crippen LogP contribution in [0, 0.1) is 0 Å². The molecule has 0 aliphatic heterocycles. The van der Waals surface area contributed by atoms with E-state index in [4.69, 9.17) is 0 Å². The van der Waals surface area contributed by atoms with Gasteiger partial charge in [-0.2, -0.15) is 0 Å². The zero-order valence-electron chi connectivity index (χ0n) is 8.75. The number of phenols is 2. The first-order valence-electron chi connectivity index (χ1n) is 5.08. The van der Waals surface area contributed by atoms with E-state index in [1.165, 1.54) is 6.07 Å². The molecule has 1 heterocycles. The van der Waals surface area contributed by atoms with Crippen LogP contribution < -0.4 is 0 Å². The summed E-state index contributed by atoms with van der Waals surface area (Å²) in [7, 11) is 0. The van der Waals surface area contributed by atoms with Crippen molar-refractivity contribution in [3.8, 4) is 22.6 Å². The van der Waals surface area contributed by atoms with Crippen molar-refractivity contribution >= 4 is 11.0 Å². The van der Waals surface area contributed by atoms with Crippen LogP contribution in [0.1, 0.15) is 0 Å². The molecule has 84 valence electrons. The topological polar surface area (TPSA) is 82.0 Å². The number of rotatable bonds is 1. The molecule has 0 amide bonds. The second-order valence-corrected chi connectivity index (χ2v) is 3.69. The highest BCUT2D eigenvalue weighted by atomic mass is 16.3. The van der Waals surface area contributed by atoms with E-state index in [9.17, 15) is 10.2 Å². The Labute approximate surface area is 96.3 Å². The Morgan fingerprint density at radius 1 is 1.06 bits per heavy atom. The van der Waals surface area contributed by atoms with Gasteiger partial charge in [-0.15, -0.1) is 5.10 Å². The molecule has 0 saturated heterocycles. The van der Waals surface area contributed by atoms with E-state index in [2.05, 4.69) is 15.4 Å². The number of aromatic hydroxyl groups is 2. The quantitative estimate of drug-likeness (QED) is 0.555. The molecule has 0 radical (unpaired) electrons. The lowest BCUT2D eigenvalue weighted by atomic mass is 10.0. The monoisotopic (exact) mass is 227 g/mol. The van der Waals surface area contributed by atoms with Crippen molar-refractivity contribution in [2.24, 2.45) is 0 Å². The molecule has 0 fully saturated rings. The Morgan fingerprint density at radius 2 is 1.82 bits per heavy atom. The number of benzene rings is 2. The van der Waals surface area contributed by atoms with Gasteiger partial charge in [0.2, 0.25) is 0 Å². The predicted octanol–water partition coefficient (Wildman–Crippen LogP) is 2.04. The Bertz CT molecular complexity index is 677. The maximum Gasteiger partial charge on any atom is 0.167 e. The molecule has 2 aromatic carbocycles. The van der Waals surface area contributed by atoms with Crippen molar-refractivity contribution in [1.29, 1.82) is 0 Å². The lowest BCUT2D eigenvalue weighted by molar-refractivity contribution is 0.406. The Morgan fingerprint density at radius 3 is 2.59 bits per heavy atom. The average Bonchev–Trinajstić information content (AvgIpc) is 2.79. The largest absolute Gasteiger partial charge is 0.504 e. The fourth-order valence-electron chi connectivity index (χ4n) is 1.84. The SMILES string of the molecule is Oc1cc2[nH]nnc2c(-c2ccccc2)c1O. The van der Waals surface area contributed by atoms with E-state index < -0.39 is 0 Å². The second kappa shape index (κ2) is 3.48. The minimum Gasteiger partial charge on any atom is -0.504 e. The molecule has 0 bridgehead atoms. The molecule has 5 nitrogen and oxygen atoms in total. The molecule has 0 aliphatic carbocycles. The third-order valence-electron chi connectivity index (χ3n) is 2.64. The van der Waals surface area contributed by atoms with Gasteiger partial charge in [0.15, 0.2) is 11.5 Å². The van der Waals surface area contributed by atoms with Crippen LogP contribution in [-0.4, -0.2) is 25.6 Å². The van der Waals surface area contributed by atoms with E-state index in [1.807, 2.05) is 30.3 Å². The van der Waals surface area contributed by atoms with Crippen molar-refractivity contribution in [2.75, 3.05) is 0 Å². The van der Waals surface area contributed by atoms with Crippen LogP contribution in [0.3, 0.4) is 0 Å². The van der Waals surface area contributed by atoms with Gasteiger partial charge in [-0.1, -0.05) is 35.5 Å². The predicted molar refractivity (Wildman–Crippen MR) is 62.7 cm³/mol. The van der Waals surface area contributed by atoms with Crippen LogP contribution in [0.5, 0.6) is 11.5 Å².